The van der Waals surface area contributed by atoms with E-state index in [9.17, 15) is 5.26 Å². The summed E-state index contributed by atoms with van der Waals surface area (Å²) in [6.45, 7) is 2.13. The van der Waals surface area contributed by atoms with E-state index in [1.54, 1.807) is 11.7 Å². The number of hydrogen-bond donors (Lipinski definition) is 3. The third-order valence-electron chi connectivity index (χ3n) is 5.76. The van der Waals surface area contributed by atoms with E-state index in [1.807, 2.05) is 30.3 Å². The Bertz CT molecular complexity index is 893. The Labute approximate surface area is 190 Å². The van der Waals surface area contributed by atoms with Gasteiger partial charge in [0.1, 0.15) is 17.5 Å². The average molecular weight is 438 g/mol. The molecule has 4 N–H and O–H groups in total. The number of para-hydroxylation sites is 1. The molecule has 0 bridgehead atoms. The van der Waals surface area contributed by atoms with Crippen LogP contribution in [0.1, 0.15) is 56.2 Å². The first-order valence-electron chi connectivity index (χ1n) is 11.6. The van der Waals surface area contributed by atoms with Crippen LogP contribution in [0.25, 0.3) is 5.69 Å². The Morgan fingerprint density at radius 1 is 1.19 bits per heavy atom. The minimum absolute atomic E-state index is 0.382. The van der Waals surface area contributed by atoms with Gasteiger partial charge in [-0.1, -0.05) is 43.9 Å². The van der Waals surface area contributed by atoms with Crippen LogP contribution in [-0.4, -0.2) is 48.6 Å². The zero-order valence-corrected chi connectivity index (χ0v) is 19.0. The number of aromatic nitrogens is 2. The van der Waals surface area contributed by atoms with E-state index in [4.69, 9.17) is 10.5 Å². The number of nitrogens with zero attached hydrogens (tertiary/aromatic N) is 4. The van der Waals surface area contributed by atoms with Crippen LogP contribution in [0.4, 0.5) is 5.82 Å². The summed E-state index contributed by atoms with van der Waals surface area (Å²) in [6.07, 6.45) is 9.47. The Morgan fingerprint density at radius 3 is 2.59 bits per heavy atom. The van der Waals surface area contributed by atoms with Crippen molar-refractivity contribution in [3.63, 3.8) is 0 Å². The van der Waals surface area contributed by atoms with Gasteiger partial charge in [-0.25, -0.2) is 4.68 Å². The number of aryl methyl sites for hydroxylation is 1. The molecule has 1 aliphatic carbocycles. The summed E-state index contributed by atoms with van der Waals surface area (Å²) in [5.41, 5.74) is 8.19. The first-order valence-corrected chi connectivity index (χ1v) is 11.6. The summed E-state index contributed by atoms with van der Waals surface area (Å²) in [4.78, 5) is 4.27. The molecule has 8 nitrogen and oxygen atoms in total. The largest absolute Gasteiger partial charge is 0.382 e. The fourth-order valence-electron chi connectivity index (χ4n) is 4.03. The van der Waals surface area contributed by atoms with Crippen molar-refractivity contribution >= 4 is 11.8 Å². The van der Waals surface area contributed by atoms with Crippen LogP contribution in [0.3, 0.4) is 0 Å². The van der Waals surface area contributed by atoms with E-state index in [0.29, 0.717) is 37.1 Å². The molecule has 1 fully saturated rings. The van der Waals surface area contributed by atoms with Crippen LogP contribution in [0, 0.1) is 11.3 Å². The number of ether oxygens (including phenoxy) is 1. The lowest BCUT2D eigenvalue weighted by Gasteiger charge is -2.16. The van der Waals surface area contributed by atoms with Gasteiger partial charge < -0.3 is 21.1 Å². The summed E-state index contributed by atoms with van der Waals surface area (Å²) in [6, 6.07) is 11.8. The maximum absolute atomic E-state index is 9.53. The quantitative estimate of drug-likeness (QED) is 0.240. The highest BCUT2D eigenvalue weighted by Crippen LogP contribution is 2.21. The van der Waals surface area contributed by atoms with Crippen LogP contribution < -0.4 is 16.4 Å². The fourth-order valence-corrected chi connectivity index (χ4v) is 4.03. The minimum atomic E-state index is 0.382. The Kier molecular flexibility index (Phi) is 9.38. The van der Waals surface area contributed by atoms with Gasteiger partial charge >= 0.3 is 0 Å². The van der Waals surface area contributed by atoms with Crippen molar-refractivity contribution in [3.05, 3.63) is 41.6 Å². The number of nitrogen functional groups attached to an aromatic ring is 1. The van der Waals surface area contributed by atoms with E-state index in [-0.39, 0.29) is 0 Å². The van der Waals surface area contributed by atoms with Crippen LogP contribution >= 0.6 is 0 Å². The van der Waals surface area contributed by atoms with E-state index in [1.165, 1.54) is 38.5 Å². The Morgan fingerprint density at radius 2 is 1.91 bits per heavy atom. The van der Waals surface area contributed by atoms with Gasteiger partial charge in [0, 0.05) is 20.1 Å². The predicted molar refractivity (Wildman–Crippen MR) is 128 cm³/mol. The molecule has 172 valence electrons. The summed E-state index contributed by atoms with van der Waals surface area (Å²) in [5.74, 6) is 1.14. The van der Waals surface area contributed by atoms with Crippen molar-refractivity contribution in [2.75, 3.05) is 32.5 Å². The molecule has 1 saturated carbocycles. The molecule has 0 radical (unpaired) electrons. The second-order valence-electron chi connectivity index (χ2n) is 8.08. The second-order valence-corrected chi connectivity index (χ2v) is 8.08. The van der Waals surface area contributed by atoms with Crippen molar-refractivity contribution in [1.82, 2.24) is 20.4 Å². The number of hydrogen-bond acceptors (Lipinski definition) is 5. The predicted octanol–water partition coefficient (Wildman–Crippen LogP) is 3.16. The van der Waals surface area contributed by atoms with Crippen molar-refractivity contribution in [2.24, 2.45) is 4.99 Å². The number of benzene rings is 1. The molecule has 0 atom stereocenters. The molecule has 8 heteroatoms. The van der Waals surface area contributed by atoms with E-state index in [0.717, 1.165) is 30.3 Å². The number of nitrogens with one attached hydrogen (secondary N) is 2. The van der Waals surface area contributed by atoms with Gasteiger partial charge in [0.25, 0.3) is 0 Å². The first kappa shape index (κ1) is 23.6. The molecule has 0 unspecified atom stereocenters. The zero-order valence-electron chi connectivity index (χ0n) is 19.0. The van der Waals surface area contributed by atoms with Crippen LogP contribution in [0.5, 0.6) is 0 Å². The molecule has 1 aromatic carbocycles. The third-order valence-corrected chi connectivity index (χ3v) is 5.76. The van der Waals surface area contributed by atoms with Crippen LogP contribution in [-0.2, 0) is 11.2 Å². The van der Waals surface area contributed by atoms with Gasteiger partial charge in [-0.2, -0.15) is 10.4 Å². The first-order chi connectivity index (χ1) is 15.7. The summed E-state index contributed by atoms with van der Waals surface area (Å²) in [7, 11) is 1.76. The number of aliphatic imine (C=N–C) groups is 1. The minimum Gasteiger partial charge on any atom is -0.382 e. The molecule has 2 aromatic rings. The second kappa shape index (κ2) is 12.7. The highest BCUT2D eigenvalue weighted by Gasteiger charge is 2.16. The van der Waals surface area contributed by atoms with Crippen LogP contribution in [0.2, 0.25) is 0 Å². The zero-order chi connectivity index (χ0) is 22.6. The van der Waals surface area contributed by atoms with Gasteiger partial charge in [0.2, 0.25) is 0 Å². The lowest BCUT2D eigenvalue weighted by Crippen LogP contribution is -2.39. The maximum Gasteiger partial charge on any atom is 0.191 e. The van der Waals surface area contributed by atoms with Crippen molar-refractivity contribution in [3.8, 4) is 11.8 Å². The van der Waals surface area contributed by atoms with E-state index < -0.39 is 0 Å². The number of anilines is 1. The van der Waals surface area contributed by atoms with Crippen molar-refractivity contribution in [1.29, 1.82) is 5.26 Å². The molecule has 1 aromatic heterocycles. The number of nitriles is 1. The molecule has 0 saturated heterocycles. The van der Waals surface area contributed by atoms with Crippen molar-refractivity contribution in [2.45, 2.75) is 57.5 Å². The van der Waals surface area contributed by atoms with Crippen LogP contribution in [0.15, 0.2) is 35.3 Å². The molecule has 0 spiro atoms. The Hall–Kier alpha value is -3.05. The normalized spacial score (nSPS) is 15.2. The molecule has 1 aliphatic rings. The third kappa shape index (κ3) is 6.72. The lowest BCUT2D eigenvalue weighted by atomic mass is 10.1. The standard InChI is InChI=1S/C24H35N7O/c1-27-24(29-16-17-32-20-12-7-2-3-8-13-20)28-15-9-14-22-21(18-25)23(26)31(30-22)19-10-5-4-6-11-19/h4-6,10-11,20H,2-3,7-9,12-17,26H2,1H3,(H2,27,28,29). The highest BCUT2D eigenvalue weighted by molar-refractivity contribution is 5.79. The van der Waals surface area contributed by atoms with E-state index >= 15 is 0 Å². The Balaban J connectivity index is 1.40. The maximum atomic E-state index is 9.53. The van der Waals surface area contributed by atoms with E-state index in [2.05, 4.69) is 26.8 Å². The van der Waals surface area contributed by atoms with Gasteiger partial charge in [-0.15, -0.1) is 0 Å². The monoisotopic (exact) mass is 437 g/mol. The topological polar surface area (TPSA) is 113 Å². The SMILES string of the molecule is CN=C(NCCCc1nn(-c2ccccc2)c(N)c1C#N)NCCOC1CCCCCC1. The molecule has 0 aliphatic heterocycles. The van der Waals surface area contributed by atoms with Gasteiger partial charge in [-0.05, 0) is 37.8 Å². The van der Waals surface area contributed by atoms with Gasteiger partial charge in [0.05, 0.1) is 24.1 Å². The molecule has 3 rings (SSSR count). The average Bonchev–Trinajstić information content (AvgIpc) is 2.97. The van der Waals surface area contributed by atoms with Gasteiger partial charge in [-0.3, -0.25) is 4.99 Å². The fraction of sp³-hybridized carbons (Fsp3) is 0.542. The summed E-state index contributed by atoms with van der Waals surface area (Å²) in [5, 5.41) is 20.7. The molecular formula is C24H35N7O. The molecule has 0 amide bonds. The highest BCUT2D eigenvalue weighted by atomic mass is 16.5. The molecular weight excluding hydrogens is 402 g/mol. The smallest absolute Gasteiger partial charge is 0.191 e. The summed E-state index contributed by atoms with van der Waals surface area (Å²) >= 11 is 0. The summed E-state index contributed by atoms with van der Waals surface area (Å²) < 4.78 is 7.65. The van der Waals surface area contributed by atoms with Crippen molar-refractivity contribution < 1.29 is 4.74 Å². The molecule has 32 heavy (non-hydrogen) atoms. The number of nitrogens with two attached hydrogens (primary N) is 1. The lowest BCUT2D eigenvalue weighted by molar-refractivity contribution is 0.0468. The number of rotatable bonds is 9. The molecule has 1 heterocycles. The van der Waals surface area contributed by atoms with Gasteiger partial charge in [0.15, 0.2) is 5.96 Å². The number of guanidine groups is 1.